The van der Waals surface area contributed by atoms with Crippen LogP contribution in [0.4, 0.5) is 5.69 Å². The number of nitrogens with zero attached hydrogens (tertiary/aromatic N) is 2. The molecule has 0 aliphatic rings. The summed E-state index contributed by atoms with van der Waals surface area (Å²) in [4.78, 5) is 21.9. The molecule has 2 aromatic carbocycles. The zero-order valence-electron chi connectivity index (χ0n) is 10.7. The van der Waals surface area contributed by atoms with Gasteiger partial charge in [0.1, 0.15) is 0 Å². The van der Waals surface area contributed by atoms with E-state index in [9.17, 15) is 14.9 Å². The Kier molecular flexibility index (Phi) is 4.63. The molecule has 0 atom stereocenters. The van der Waals surface area contributed by atoms with E-state index >= 15 is 0 Å². The molecule has 21 heavy (non-hydrogen) atoms. The number of halogens is 1. The molecule has 1 amide bonds. The van der Waals surface area contributed by atoms with Gasteiger partial charge in [0.25, 0.3) is 11.6 Å². The van der Waals surface area contributed by atoms with Gasteiger partial charge in [0.05, 0.1) is 11.1 Å². The minimum absolute atomic E-state index is 0.151. The Morgan fingerprint density at radius 2 is 2.00 bits per heavy atom. The van der Waals surface area contributed by atoms with Gasteiger partial charge in [0.15, 0.2) is 0 Å². The van der Waals surface area contributed by atoms with Crippen molar-refractivity contribution in [2.75, 3.05) is 0 Å². The number of carbonyl (C=O) groups excluding carboxylic acids is 1. The molecule has 0 fully saturated rings. The van der Waals surface area contributed by atoms with Crippen LogP contribution in [-0.4, -0.2) is 17.0 Å². The fourth-order valence-electron chi connectivity index (χ4n) is 1.58. The summed E-state index contributed by atoms with van der Waals surface area (Å²) in [6.45, 7) is 0. The molecule has 0 aromatic heterocycles. The number of benzene rings is 2. The minimum Gasteiger partial charge on any atom is -0.267 e. The van der Waals surface area contributed by atoms with Crippen molar-refractivity contribution in [3.05, 3.63) is 74.8 Å². The number of hydrazone groups is 1. The van der Waals surface area contributed by atoms with Gasteiger partial charge >= 0.3 is 0 Å². The number of nitrogens with one attached hydrogen (secondary N) is 1. The first-order valence-corrected chi connectivity index (χ1v) is 6.27. The van der Waals surface area contributed by atoms with Gasteiger partial charge in [-0.25, -0.2) is 5.43 Å². The van der Waals surface area contributed by atoms with Gasteiger partial charge in [-0.05, 0) is 23.8 Å². The molecule has 0 spiro atoms. The van der Waals surface area contributed by atoms with Crippen LogP contribution in [0.5, 0.6) is 0 Å². The van der Waals surface area contributed by atoms with Crippen LogP contribution in [0.1, 0.15) is 15.9 Å². The Labute approximate surface area is 125 Å². The molecule has 0 aliphatic carbocycles. The number of hydrogen-bond donors (Lipinski definition) is 1. The number of nitro groups is 1. The molecule has 0 aliphatic heterocycles. The molecule has 6 nitrogen and oxygen atoms in total. The molecule has 0 saturated carbocycles. The van der Waals surface area contributed by atoms with Gasteiger partial charge in [-0.15, -0.1) is 0 Å². The lowest BCUT2D eigenvalue weighted by atomic mass is 10.2. The predicted octanol–water partition coefficient (Wildman–Crippen LogP) is 3.01. The van der Waals surface area contributed by atoms with Crippen molar-refractivity contribution in [1.29, 1.82) is 0 Å². The van der Waals surface area contributed by atoms with Crippen molar-refractivity contribution < 1.29 is 9.72 Å². The Balaban J connectivity index is 2.05. The zero-order valence-corrected chi connectivity index (χ0v) is 11.4. The van der Waals surface area contributed by atoms with Crippen LogP contribution < -0.4 is 5.43 Å². The Hall–Kier alpha value is -2.73. The Morgan fingerprint density at radius 3 is 2.71 bits per heavy atom. The predicted molar refractivity (Wildman–Crippen MR) is 79.6 cm³/mol. The van der Waals surface area contributed by atoms with Crippen molar-refractivity contribution in [2.45, 2.75) is 0 Å². The molecule has 0 heterocycles. The average Bonchev–Trinajstić information content (AvgIpc) is 2.47. The van der Waals surface area contributed by atoms with Gasteiger partial charge in [0.2, 0.25) is 0 Å². The second kappa shape index (κ2) is 6.62. The summed E-state index contributed by atoms with van der Waals surface area (Å²) in [6, 6.07) is 12.3. The summed E-state index contributed by atoms with van der Waals surface area (Å²) in [5.41, 5.74) is 3.03. The molecular formula is C14H10ClN3O3. The molecule has 106 valence electrons. The molecule has 7 heteroatoms. The summed E-state index contributed by atoms with van der Waals surface area (Å²) >= 11 is 5.82. The fraction of sp³-hybridized carbons (Fsp3) is 0. The largest absolute Gasteiger partial charge is 0.271 e. The van der Waals surface area contributed by atoms with Crippen LogP contribution in [0, 0.1) is 10.1 Å². The third-order valence-corrected chi connectivity index (χ3v) is 2.78. The van der Waals surface area contributed by atoms with Gasteiger partial charge in [-0.1, -0.05) is 29.8 Å². The van der Waals surface area contributed by atoms with Crippen LogP contribution in [0.15, 0.2) is 53.6 Å². The van der Waals surface area contributed by atoms with E-state index in [0.29, 0.717) is 5.02 Å². The second-order valence-electron chi connectivity index (χ2n) is 4.06. The molecule has 2 aromatic rings. The minimum atomic E-state index is -0.563. The third-order valence-electron chi connectivity index (χ3n) is 2.55. The van der Waals surface area contributed by atoms with E-state index in [1.54, 1.807) is 24.3 Å². The van der Waals surface area contributed by atoms with Gasteiger partial charge in [-0.3, -0.25) is 14.9 Å². The van der Waals surface area contributed by atoms with E-state index in [0.717, 1.165) is 5.56 Å². The van der Waals surface area contributed by atoms with Crippen molar-refractivity contribution in [3.63, 3.8) is 0 Å². The highest BCUT2D eigenvalue weighted by molar-refractivity contribution is 6.30. The third kappa shape index (κ3) is 4.12. The summed E-state index contributed by atoms with van der Waals surface area (Å²) < 4.78 is 0. The van der Waals surface area contributed by atoms with Crippen molar-refractivity contribution in [1.82, 2.24) is 5.43 Å². The Bertz CT molecular complexity index is 716. The molecule has 0 bridgehead atoms. The summed E-state index contributed by atoms with van der Waals surface area (Å²) in [6.07, 6.45) is 1.43. The molecule has 0 saturated heterocycles. The summed E-state index contributed by atoms with van der Waals surface area (Å²) in [5, 5.41) is 15.0. The lowest BCUT2D eigenvalue weighted by Crippen LogP contribution is -2.17. The Morgan fingerprint density at radius 1 is 1.24 bits per heavy atom. The maximum absolute atomic E-state index is 11.8. The first kappa shape index (κ1) is 14.7. The first-order chi connectivity index (χ1) is 10.1. The fourth-order valence-corrected chi connectivity index (χ4v) is 1.78. The van der Waals surface area contributed by atoms with Crippen LogP contribution in [0.3, 0.4) is 0 Å². The van der Waals surface area contributed by atoms with Crippen LogP contribution in [0.25, 0.3) is 0 Å². The van der Waals surface area contributed by atoms with E-state index < -0.39 is 10.8 Å². The van der Waals surface area contributed by atoms with E-state index in [4.69, 9.17) is 11.6 Å². The van der Waals surface area contributed by atoms with E-state index in [1.807, 2.05) is 0 Å². The number of nitro benzene ring substituents is 1. The maximum atomic E-state index is 11.8. The SMILES string of the molecule is O=C(NN=Cc1cccc(Cl)c1)c1cccc([N+](=O)[O-])c1. The highest BCUT2D eigenvalue weighted by Gasteiger charge is 2.10. The highest BCUT2D eigenvalue weighted by atomic mass is 35.5. The van der Waals surface area contributed by atoms with E-state index in [2.05, 4.69) is 10.5 Å². The normalized spacial score (nSPS) is 10.5. The standard InChI is InChI=1S/C14H10ClN3O3/c15-12-5-1-3-10(7-12)9-16-17-14(19)11-4-2-6-13(8-11)18(20)21/h1-9H,(H,17,19). The number of amides is 1. The number of carbonyl (C=O) groups is 1. The number of non-ortho nitro benzene ring substituents is 1. The van der Waals surface area contributed by atoms with Gasteiger partial charge in [-0.2, -0.15) is 5.10 Å². The average molecular weight is 304 g/mol. The van der Waals surface area contributed by atoms with Gasteiger partial charge < -0.3 is 0 Å². The van der Waals surface area contributed by atoms with Gasteiger partial charge in [0, 0.05) is 22.7 Å². The summed E-state index contributed by atoms with van der Waals surface area (Å²) in [5.74, 6) is -0.531. The molecule has 2 rings (SSSR count). The molecule has 0 unspecified atom stereocenters. The van der Waals surface area contributed by atoms with Crippen molar-refractivity contribution in [2.24, 2.45) is 5.10 Å². The number of rotatable bonds is 4. The topological polar surface area (TPSA) is 84.6 Å². The lowest BCUT2D eigenvalue weighted by molar-refractivity contribution is -0.384. The highest BCUT2D eigenvalue weighted by Crippen LogP contribution is 2.13. The van der Waals surface area contributed by atoms with E-state index in [1.165, 1.54) is 30.5 Å². The molecule has 0 radical (unpaired) electrons. The maximum Gasteiger partial charge on any atom is 0.271 e. The van der Waals surface area contributed by atoms with Crippen LogP contribution in [0.2, 0.25) is 5.02 Å². The first-order valence-electron chi connectivity index (χ1n) is 5.90. The quantitative estimate of drug-likeness (QED) is 0.535. The molecular weight excluding hydrogens is 294 g/mol. The van der Waals surface area contributed by atoms with Crippen molar-refractivity contribution in [3.8, 4) is 0 Å². The van der Waals surface area contributed by atoms with Crippen LogP contribution >= 0.6 is 11.6 Å². The lowest BCUT2D eigenvalue weighted by Gasteiger charge is -2.00. The number of hydrogen-bond acceptors (Lipinski definition) is 4. The molecule has 1 N–H and O–H groups in total. The smallest absolute Gasteiger partial charge is 0.267 e. The summed E-state index contributed by atoms with van der Waals surface area (Å²) in [7, 11) is 0. The monoisotopic (exact) mass is 303 g/mol. The van der Waals surface area contributed by atoms with E-state index in [-0.39, 0.29) is 11.3 Å². The second-order valence-corrected chi connectivity index (χ2v) is 4.50. The van der Waals surface area contributed by atoms with Crippen LogP contribution in [-0.2, 0) is 0 Å². The van der Waals surface area contributed by atoms with Crippen molar-refractivity contribution >= 4 is 29.4 Å². The zero-order chi connectivity index (χ0) is 15.2.